The molecule has 2 N–H and O–H groups in total. The molecule has 2 heterocycles. The predicted molar refractivity (Wildman–Crippen MR) is 144 cm³/mol. The van der Waals surface area contributed by atoms with Crippen LogP contribution >= 0.6 is 19.5 Å². The Balaban J connectivity index is 2.15. The highest BCUT2D eigenvalue weighted by Gasteiger charge is 2.41. The van der Waals surface area contributed by atoms with Crippen LogP contribution in [0.5, 0.6) is 0 Å². The van der Waals surface area contributed by atoms with Gasteiger partial charge in [0.25, 0.3) is 5.56 Å². The number of carbonyl (C=O) groups is 2. The van der Waals surface area contributed by atoms with Crippen LogP contribution in [0.3, 0.4) is 0 Å². The van der Waals surface area contributed by atoms with Crippen molar-refractivity contribution in [2.45, 2.75) is 72.4 Å². The number of thioether (sulfide) groups is 1. The summed E-state index contributed by atoms with van der Waals surface area (Å²) in [6, 6.07) is 0.0332. The maximum absolute atomic E-state index is 14.3. The van der Waals surface area contributed by atoms with Crippen LogP contribution < -0.4 is 16.3 Å². The molecule has 1 aliphatic heterocycles. The van der Waals surface area contributed by atoms with Crippen molar-refractivity contribution in [3.8, 4) is 0 Å². The molecule has 1 aromatic heterocycles. The average Bonchev–Trinajstić information content (AvgIpc) is 3.24. The smallest absolute Gasteiger partial charge is 0.406 e. The molecule has 0 bridgehead atoms. The second-order valence-electron chi connectivity index (χ2n) is 10.3. The van der Waals surface area contributed by atoms with Crippen LogP contribution in [0.4, 0.5) is 4.39 Å². The predicted octanol–water partition coefficient (Wildman–Crippen LogP) is 3.30. The first-order valence-electron chi connectivity index (χ1n) is 12.4. The molecule has 1 aliphatic rings. The SMILES string of the molecule is C=C(F)C1CC(n2ccc(=O)[nH]c2=O)OC1COP(=O)(NC(C)C(=O)OC(C)C)OCCSC(=O)C(C)(C)C. The van der Waals surface area contributed by atoms with Gasteiger partial charge < -0.3 is 9.47 Å². The Morgan fingerprint density at radius 1 is 1.31 bits per heavy atom. The van der Waals surface area contributed by atoms with Crippen molar-refractivity contribution in [1.29, 1.82) is 0 Å². The highest BCUT2D eigenvalue weighted by Crippen LogP contribution is 2.47. The zero-order valence-corrected chi connectivity index (χ0v) is 24.6. The molecule has 39 heavy (non-hydrogen) atoms. The lowest BCUT2D eigenvalue weighted by molar-refractivity contribution is -0.149. The number of H-pyrrole nitrogens is 1. The molecule has 5 atom stereocenters. The Kier molecular flexibility index (Phi) is 11.9. The molecule has 0 saturated carbocycles. The lowest BCUT2D eigenvalue weighted by atomic mass is 10.00. The van der Waals surface area contributed by atoms with E-state index in [9.17, 15) is 28.1 Å². The van der Waals surface area contributed by atoms with Crippen LogP contribution in [0.1, 0.15) is 54.2 Å². The number of rotatable bonds is 13. The molecular weight excluding hydrogens is 556 g/mol. The quantitative estimate of drug-likeness (QED) is 0.197. The molecule has 220 valence electrons. The molecule has 0 aromatic carbocycles. The van der Waals surface area contributed by atoms with Crippen molar-refractivity contribution >= 4 is 30.6 Å². The second kappa shape index (κ2) is 14.0. The number of ether oxygens (including phenoxy) is 2. The first-order valence-corrected chi connectivity index (χ1v) is 14.9. The van der Waals surface area contributed by atoms with Crippen molar-refractivity contribution < 1.29 is 37.1 Å². The van der Waals surface area contributed by atoms with Crippen LogP contribution in [0.25, 0.3) is 0 Å². The van der Waals surface area contributed by atoms with E-state index >= 15 is 0 Å². The first-order chi connectivity index (χ1) is 18.0. The molecule has 0 amide bonds. The second-order valence-corrected chi connectivity index (χ2v) is 13.1. The van der Waals surface area contributed by atoms with Crippen LogP contribution in [0.2, 0.25) is 0 Å². The van der Waals surface area contributed by atoms with Crippen molar-refractivity contribution in [2.24, 2.45) is 11.3 Å². The van der Waals surface area contributed by atoms with Gasteiger partial charge in [-0.25, -0.2) is 18.8 Å². The van der Waals surface area contributed by atoms with Crippen LogP contribution in [-0.4, -0.2) is 57.9 Å². The molecule has 0 radical (unpaired) electrons. The summed E-state index contributed by atoms with van der Waals surface area (Å²) in [5.74, 6) is -2.19. The van der Waals surface area contributed by atoms with Gasteiger partial charge in [0.15, 0.2) is 5.12 Å². The summed E-state index contributed by atoms with van der Waals surface area (Å²) in [5.41, 5.74) is -1.92. The van der Waals surface area contributed by atoms with Crippen molar-refractivity contribution in [3.05, 3.63) is 45.5 Å². The van der Waals surface area contributed by atoms with Gasteiger partial charge in [-0.15, -0.1) is 0 Å². The molecule has 0 spiro atoms. The van der Waals surface area contributed by atoms with Gasteiger partial charge >= 0.3 is 19.4 Å². The first kappa shape index (κ1) is 33.1. The summed E-state index contributed by atoms with van der Waals surface area (Å²) in [6.45, 7) is 12.8. The van der Waals surface area contributed by atoms with Crippen molar-refractivity contribution in [3.63, 3.8) is 0 Å². The molecule has 5 unspecified atom stereocenters. The summed E-state index contributed by atoms with van der Waals surface area (Å²) in [5, 5.41) is 2.43. The summed E-state index contributed by atoms with van der Waals surface area (Å²) < 4.78 is 51.0. The fourth-order valence-corrected chi connectivity index (χ4v) is 5.84. The number of nitrogens with zero attached hydrogens (tertiary/aromatic N) is 1. The van der Waals surface area contributed by atoms with Gasteiger partial charge in [0.1, 0.15) is 12.3 Å². The molecule has 2 rings (SSSR count). The third kappa shape index (κ3) is 10.1. The van der Waals surface area contributed by atoms with E-state index in [-0.39, 0.29) is 23.9 Å². The van der Waals surface area contributed by atoms with Crippen LogP contribution in [0, 0.1) is 11.3 Å². The minimum Gasteiger partial charge on any atom is -0.462 e. The monoisotopic (exact) mass is 593 g/mol. The van der Waals surface area contributed by atoms with Crippen LogP contribution in [0.15, 0.2) is 34.3 Å². The molecule has 15 heteroatoms. The summed E-state index contributed by atoms with van der Waals surface area (Å²) in [6.07, 6.45) is -1.18. The van der Waals surface area contributed by atoms with Gasteiger partial charge in [0.2, 0.25) is 0 Å². The Hall–Kier alpha value is -2.09. The minimum atomic E-state index is -4.21. The van der Waals surface area contributed by atoms with Gasteiger partial charge in [-0.2, -0.15) is 0 Å². The molecule has 0 aliphatic carbocycles. The highest BCUT2D eigenvalue weighted by atomic mass is 32.2. The average molecular weight is 594 g/mol. The number of aromatic amines is 1. The van der Waals surface area contributed by atoms with Crippen LogP contribution in [-0.2, 0) is 32.7 Å². The van der Waals surface area contributed by atoms with E-state index in [0.717, 1.165) is 22.4 Å². The molecule has 1 aromatic rings. The number of halogens is 1. The van der Waals surface area contributed by atoms with Gasteiger partial charge in [-0.1, -0.05) is 39.1 Å². The lowest BCUT2D eigenvalue weighted by Crippen LogP contribution is -2.36. The topological polar surface area (TPSA) is 155 Å². The number of hydrogen-bond donors (Lipinski definition) is 2. The number of nitrogens with one attached hydrogen (secondary N) is 2. The van der Waals surface area contributed by atoms with E-state index in [0.29, 0.717) is 0 Å². The van der Waals surface area contributed by atoms with E-state index in [2.05, 4.69) is 16.7 Å². The van der Waals surface area contributed by atoms with E-state index in [1.54, 1.807) is 34.6 Å². The Bertz CT molecular complexity index is 1200. The van der Waals surface area contributed by atoms with Gasteiger partial charge in [-0.3, -0.25) is 33.0 Å². The summed E-state index contributed by atoms with van der Waals surface area (Å²) in [7, 11) is -4.21. The summed E-state index contributed by atoms with van der Waals surface area (Å²) >= 11 is 1.00. The molecule has 1 saturated heterocycles. The fraction of sp³-hybridized carbons (Fsp3) is 0.667. The van der Waals surface area contributed by atoms with E-state index in [1.165, 1.54) is 13.1 Å². The van der Waals surface area contributed by atoms with Crippen molar-refractivity contribution in [1.82, 2.24) is 14.6 Å². The highest BCUT2D eigenvalue weighted by molar-refractivity contribution is 8.13. The molecule has 12 nitrogen and oxygen atoms in total. The third-order valence-electron chi connectivity index (χ3n) is 5.46. The number of aromatic nitrogens is 2. The Morgan fingerprint density at radius 3 is 2.54 bits per heavy atom. The lowest BCUT2D eigenvalue weighted by Gasteiger charge is -2.25. The van der Waals surface area contributed by atoms with E-state index in [4.69, 9.17) is 18.5 Å². The maximum atomic E-state index is 14.3. The molecular formula is C24H37FN3O9PS. The van der Waals surface area contributed by atoms with Crippen molar-refractivity contribution in [2.75, 3.05) is 19.0 Å². The summed E-state index contributed by atoms with van der Waals surface area (Å²) in [4.78, 5) is 50.2. The standard InChI is InChI=1S/C24H37FN3O9PS/c1-14(2)36-21(30)16(4)27-38(33,34-10-11-39-22(31)24(5,6)7)35-13-18-17(15(3)25)12-20(37-18)28-9-8-19(29)26-23(28)32/h8-9,14,16-18,20H,3,10-13H2,1-2,4-7H3,(H,27,33)(H,26,29,32). The largest absolute Gasteiger partial charge is 0.462 e. The Morgan fingerprint density at radius 2 is 1.97 bits per heavy atom. The fourth-order valence-electron chi connectivity index (χ4n) is 3.46. The Labute approximate surface area is 230 Å². The number of esters is 1. The zero-order valence-electron chi connectivity index (χ0n) is 22.9. The van der Waals surface area contributed by atoms with Gasteiger partial charge in [0, 0.05) is 35.8 Å². The number of carbonyl (C=O) groups excluding carboxylic acids is 2. The normalized spacial score (nSPS) is 21.9. The van der Waals surface area contributed by atoms with Gasteiger partial charge in [-0.05, 0) is 20.8 Å². The third-order valence-corrected chi connectivity index (χ3v) is 8.42. The van der Waals surface area contributed by atoms with E-state index in [1.807, 2.05) is 0 Å². The molecule has 1 fully saturated rings. The van der Waals surface area contributed by atoms with Gasteiger partial charge in [0.05, 0.1) is 31.2 Å². The zero-order chi connectivity index (χ0) is 29.5. The number of hydrogen-bond acceptors (Lipinski definition) is 10. The van der Waals surface area contributed by atoms with E-state index < -0.39 is 73.2 Å². The minimum absolute atomic E-state index is 0.00340. The maximum Gasteiger partial charge on any atom is 0.406 e.